The zero-order valence-electron chi connectivity index (χ0n) is 14.5. The van der Waals surface area contributed by atoms with Gasteiger partial charge in [-0.05, 0) is 38.1 Å². The Morgan fingerprint density at radius 3 is 2.46 bits per heavy atom. The molecular formula is C18H30FN3O2. The highest BCUT2D eigenvalue weighted by Gasteiger charge is 2.44. The molecule has 136 valence electrons. The minimum absolute atomic E-state index is 0.127. The number of amides is 2. The average molecular weight is 339 g/mol. The van der Waals surface area contributed by atoms with Gasteiger partial charge in [-0.15, -0.1) is 0 Å². The molecule has 3 rings (SSSR count). The number of halogens is 1. The van der Waals surface area contributed by atoms with Crippen LogP contribution in [0.4, 0.5) is 4.39 Å². The van der Waals surface area contributed by atoms with E-state index >= 15 is 0 Å². The number of nitrogens with zero attached hydrogens (tertiary/aromatic N) is 1. The van der Waals surface area contributed by atoms with Gasteiger partial charge >= 0.3 is 0 Å². The number of likely N-dealkylation sites (tertiary alicyclic amines) is 1. The summed E-state index contributed by atoms with van der Waals surface area (Å²) in [7, 11) is 0. The summed E-state index contributed by atoms with van der Waals surface area (Å²) in [5.41, 5.74) is -1.73. The first-order valence-electron chi connectivity index (χ1n) is 9.55. The van der Waals surface area contributed by atoms with Crippen LogP contribution in [0.5, 0.6) is 0 Å². The second-order valence-corrected chi connectivity index (χ2v) is 7.73. The van der Waals surface area contributed by atoms with Gasteiger partial charge in [-0.1, -0.05) is 19.3 Å². The lowest BCUT2D eigenvalue weighted by Gasteiger charge is -2.35. The number of nitrogens with one attached hydrogen (secondary N) is 2. The summed E-state index contributed by atoms with van der Waals surface area (Å²) in [5.74, 6) is 0.315. The summed E-state index contributed by atoms with van der Waals surface area (Å²) >= 11 is 0. The lowest BCUT2D eigenvalue weighted by molar-refractivity contribution is -0.144. The van der Waals surface area contributed by atoms with E-state index < -0.39 is 5.67 Å². The van der Waals surface area contributed by atoms with Gasteiger partial charge in [0.05, 0.1) is 0 Å². The largest absolute Gasteiger partial charge is 0.353 e. The van der Waals surface area contributed by atoms with Crippen LogP contribution in [0.15, 0.2) is 0 Å². The van der Waals surface area contributed by atoms with Crippen molar-refractivity contribution in [1.29, 1.82) is 0 Å². The van der Waals surface area contributed by atoms with E-state index in [1.807, 2.05) is 0 Å². The van der Waals surface area contributed by atoms with E-state index in [1.54, 1.807) is 4.90 Å². The molecule has 1 saturated carbocycles. The van der Waals surface area contributed by atoms with Gasteiger partial charge in [0.15, 0.2) is 0 Å². The van der Waals surface area contributed by atoms with Crippen molar-refractivity contribution in [3.63, 3.8) is 0 Å². The normalized spacial score (nSPS) is 29.6. The first-order chi connectivity index (χ1) is 11.6. The number of piperidine rings is 1. The highest BCUT2D eigenvalue weighted by Crippen LogP contribution is 2.27. The molecular weight excluding hydrogens is 309 g/mol. The maximum atomic E-state index is 14.5. The Labute approximate surface area is 143 Å². The molecule has 0 spiro atoms. The minimum Gasteiger partial charge on any atom is -0.353 e. The Kier molecular flexibility index (Phi) is 5.74. The summed E-state index contributed by atoms with van der Waals surface area (Å²) in [6.07, 6.45) is 8.51. The molecule has 0 aromatic carbocycles. The molecule has 0 aromatic rings. The number of hydrogen-bond donors (Lipinski definition) is 2. The summed E-state index contributed by atoms with van der Waals surface area (Å²) in [6.45, 7) is 1.78. The van der Waals surface area contributed by atoms with Gasteiger partial charge in [0.25, 0.3) is 5.91 Å². The van der Waals surface area contributed by atoms with E-state index in [2.05, 4.69) is 10.6 Å². The fourth-order valence-corrected chi connectivity index (χ4v) is 4.29. The molecule has 1 aliphatic carbocycles. The second-order valence-electron chi connectivity index (χ2n) is 7.73. The highest BCUT2D eigenvalue weighted by molar-refractivity contribution is 5.86. The quantitative estimate of drug-likeness (QED) is 0.820. The van der Waals surface area contributed by atoms with Gasteiger partial charge in [-0.2, -0.15) is 0 Å². The van der Waals surface area contributed by atoms with E-state index in [1.165, 1.54) is 32.1 Å². The predicted octanol–water partition coefficient (Wildman–Crippen LogP) is 1.77. The van der Waals surface area contributed by atoms with Crippen molar-refractivity contribution in [2.24, 2.45) is 5.92 Å². The molecule has 0 radical (unpaired) electrons. The van der Waals surface area contributed by atoms with Crippen molar-refractivity contribution in [3.05, 3.63) is 0 Å². The van der Waals surface area contributed by atoms with Crippen molar-refractivity contribution in [3.8, 4) is 0 Å². The van der Waals surface area contributed by atoms with Crippen molar-refractivity contribution >= 4 is 11.8 Å². The van der Waals surface area contributed by atoms with Gasteiger partial charge in [0, 0.05) is 38.5 Å². The van der Waals surface area contributed by atoms with Crippen molar-refractivity contribution in [1.82, 2.24) is 15.5 Å². The fraction of sp³-hybridized carbons (Fsp3) is 0.889. The molecule has 2 saturated heterocycles. The average Bonchev–Trinajstić information content (AvgIpc) is 3.04. The molecule has 3 aliphatic rings. The zero-order chi connectivity index (χ0) is 17.0. The van der Waals surface area contributed by atoms with Crippen LogP contribution in [0.3, 0.4) is 0 Å². The third-order valence-corrected chi connectivity index (χ3v) is 5.83. The second kappa shape index (κ2) is 7.81. The van der Waals surface area contributed by atoms with Crippen LogP contribution in [-0.4, -0.2) is 54.6 Å². The lowest BCUT2D eigenvalue weighted by atomic mass is 9.86. The van der Waals surface area contributed by atoms with Crippen LogP contribution in [0.25, 0.3) is 0 Å². The Morgan fingerprint density at radius 1 is 1.12 bits per heavy atom. The van der Waals surface area contributed by atoms with Crippen LogP contribution >= 0.6 is 0 Å². The van der Waals surface area contributed by atoms with Crippen LogP contribution in [0.2, 0.25) is 0 Å². The summed E-state index contributed by atoms with van der Waals surface area (Å²) in [6, 6.07) is 0.127. The summed E-state index contributed by atoms with van der Waals surface area (Å²) < 4.78 is 14.5. The molecule has 2 amide bonds. The third kappa shape index (κ3) is 4.26. The fourth-order valence-electron chi connectivity index (χ4n) is 4.29. The topological polar surface area (TPSA) is 61.4 Å². The number of rotatable bonds is 4. The first-order valence-corrected chi connectivity index (χ1v) is 9.55. The maximum absolute atomic E-state index is 14.5. The Morgan fingerprint density at radius 2 is 1.83 bits per heavy atom. The molecule has 1 unspecified atom stereocenters. The molecule has 2 aliphatic heterocycles. The van der Waals surface area contributed by atoms with Gasteiger partial charge < -0.3 is 15.5 Å². The van der Waals surface area contributed by atoms with E-state index in [0.29, 0.717) is 32.0 Å². The van der Waals surface area contributed by atoms with Crippen molar-refractivity contribution in [2.75, 3.05) is 26.2 Å². The minimum atomic E-state index is -1.73. The zero-order valence-corrected chi connectivity index (χ0v) is 14.5. The molecule has 3 fully saturated rings. The number of alkyl halides is 1. The Balaban J connectivity index is 1.40. The molecule has 6 heteroatoms. The standard InChI is InChI=1S/C18H30FN3O2/c19-18(8-9-20-13-18)17(24)22-10-6-15(7-11-22)21-16(23)12-14-4-2-1-3-5-14/h14-15,20H,1-13H2,(H,21,23). The van der Waals surface area contributed by atoms with Gasteiger partial charge in [-0.3, -0.25) is 9.59 Å². The lowest BCUT2D eigenvalue weighted by Crippen LogP contribution is -2.53. The molecule has 2 heterocycles. The van der Waals surface area contributed by atoms with E-state index in [4.69, 9.17) is 0 Å². The van der Waals surface area contributed by atoms with Gasteiger partial charge in [0.2, 0.25) is 11.6 Å². The summed E-state index contributed by atoms with van der Waals surface area (Å²) in [5, 5.41) is 6.05. The number of carbonyl (C=O) groups excluding carboxylic acids is 2. The van der Waals surface area contributed by atoms with Crippen LogP contribution in [0, 0.1) is 5.92 Å². The van der Waals surface area contributed by atoms with Crippen molar-refractivity contribution < 1.29 is 14.0 Å². The Bertz CT molecular complexity index is 451. The van der Waals surface area contributed by atoms with Crippen LogP contribution in [-0.2, 0) is 9.59 Å². The molecule has 5 nitrogen and oxygen atoms in total. The van der Waals surface area contributed by atoms with Gasteiger partial charge in [-0.25, -0.2) is 4.39 Å². The number of carbonyl (C=O) groups is 2. The summed E-state index contributed by atoms with van der Waals surface area (Å²) in [4.78, 5) is 26.2. The van der Waals surface area contributed by atoms with E-state index in [0.717, 1.165) is 12.8 Å². The molecule has 24 heavy (non-hydrogen) atoms. The monoisotopic (exact) mass is 339 g/mol. The highest BCUT2D eigenvalue weighted by atomic mass is 19.1. The first kappa shape index (κ1) is 17.6. The van der Waals surface area contributed by atoms with E-state index in [-0.39, 0.29) is 30.8 Å². The maximum Gasteiger partial charge on any atom is 0.261 e. The van der Waals surface area contributed by atoms with Crippen LogP contribution in [0.1, 0.15) is 57.8 Å². The SMILES string of the molecule is O=C(CC1CCCCC1)NC1CCN(C(=O)C2(F)CCNC2)CC1. The van der Waals surface area contributed by atoms with Crippen LogP contribution < -0.4 is 10.6 Å². The van der Waals surface area contributed by atoms with E-state index in [9.17, 15) is 14.0 Å². The molecule has 0 bridgehead atoms. The van der Waals surface area contributed by atoms with Gasteiger partial charge in [0.1, 0.15) is 0 Å². The number of hydrogen-bond acceptors (Lipinski definition) is 3. The predicted molar refractivity (Wildman–Crippen MR) is 90.3 cm³/mol. The third-order valence-electron chi connectivity index (χ3n) is 5.83. The molecule has 2 N–H and O–H groups in total. The molecule has 0 aromatic heterocycles. The Hall–Kier alpha value is -1.17. The molecule has 1 atom stereocenters. The van der Waals surface area contributed by atoms with Crippen molar-refractivity contribution in [2.45, 2.75) is 69.5 Å². The smallest absolute Gasteiger partial charge is 0.261 e.